The molecule has 0 fully saturated rings. The summed E-state index contributed by atoms with van der Waals surface area (Å²) in [7, 11) is 2.11. The van der Waals surface area contributed by atoms with E-state index in [-0.39, 0.29) is 0 Å². The second-order valence-electron chi connectivity index (χ2n) is 4.88. The minimum Gasteiger partial charge on any atom is -0.344 e. The van der Waals surface area contributed by atoms with Crippen LogP contribution in [0.25, 0.3) is 0 Å². The number of nitrogens with one attached hydrogen (secondary N) is 1. The summed E-state index contributed by atoms with van der Waals surface area (Å²) in [6.07, 6.45) is 0. The summed E-state index contributed by atoms with van der Waals surface area (Å²) in [4.78, 5) is 2.23. The van der Waals surface area contributed by atoms with E-state index in [0.717, 1.165) is 11.0 Å². The molecule has 1 unspecified atom stereocenters. The maximum atomic E-state index is 3.58. The van der Waals surface area contributed by atoms with Crippen molar-refractivity contribution in [3.05, 3.63) is 58.6 Å². The summed E-state index contributed by atoms with van der Waals surface area (Å²) >= 11 is 3.58. The van der Waals surface area contributed by atoms with E-state index in [4.69, 9.17) is 0 Å². The maximum absolute atomic E-state index is 3.58. The average molecular weight is 333 g/mol. The lowest BCUT2D eigenvalue weighted by molar-refractivity contribution is 0.598. The fraction of sp³-hybridized carbons (Fsp3) is 0.294. The molecule has 2 aromatic rings. The van der Waals surface area contributed by atoms with Crippen molar-refractivity contribution in [2.75, 3.05) is 18.5 Å². The Kier molecular flexibility index (Phi) is 5.21. The number of hydrogen-bond acceptors (Lipinski definition) is 2. The van der Waals surface area contributed by atoms with Crippen LogP contribution in [-0.2, 0) is 0 Å². The minimum atomic E-state index is 0.328. The Hall–Kier alpha value is -1.32. The topological polar surface area (TPSA) is 15.3 Å². The van der Waals surface area contributed by atoms with Crippen LogP contribution in [0.2, 0.25) is 0 Å². The molecule has 2 nitrogen and oxygen atoms in total. The third-order valence-corrected chi connectivity index (χ3v) is 3.97. The van der Waals surface area contributed by atoms with Gasteiger partial charge in [0.2, 0.25) is 0 Å². The molecule has 0 saturated heterocycles. The first-order valence-corrected chi connectivity index (χ1v) is 7.74. The molecule has 2 aromatic carbocycles. The average Bonchev–Trinajstić information content (AvgIpc) is 2.47. The van der Waals surface area contributed by atoms with Crippen LogP contribution in [0.15, 0.2) is 53.0 Å². The third-order valence-electron chi connectivity index (χ3n) is 3.47. The predicted molar refractivity (Wildman–Crippen MR) is 90.7 cm³/mol. The number of halogens is 1. The first kappa shape index (κ1) is 15.1. The zero-order chi connectivity index (χ0) is 14.5. The number of hydrogen-bond donors (Lipinski definition) is 1. The highest BCUT2D eigenvalue weighted by Crippen LogP contribution is 2.33. The van der Waals surface area contributed by atoms with Gasteiger partial charge in [0.1, 0.15) is 0 Å². The molecule has 0 heterocycles. The Morgan fingerprint density at radius 3 is 2.50 bits per heavy atom. The van der Waals surface area contributed by atoms with Gasteiger partial charge in [0, 0.05) is 28.9 Å². The van der Waals surface area contributed by atoms with Crippen molar-refractivity contribution in [3.8, 4) is 0 Å². The van der Waals surface area contributed by atoms with Crippen molar-refractivity contribution in [1.29, 1.82) is 0 Å². The van der Waals surface area contributed by atoms with Gasteiger partial charge in [0.15, 0.2) is 0 Å². The molecule has 0 radical (unpaired) electrons. The van der Waals surface area contributed by atoms with Crippen LogP contribution in [0.5, 0.6) is 0 Å². The Labute approximate surface area is 129 Å². The van der Waals surface area contributed by atoms with Gasteiger partial charge in [-0.15, -0.1) is 0 Å². The molecule has 0 saturated carbocycles. The van der Waals surface area contributed by atoms with Crippen LogP contribution in [0, 0.1) is 0 Å². The van der Waals surface area contributed by atoms with Crippen LogP contribution < -0.4 is 10.2 Å². The highest BCUT2D eigenvalue weighted by molar-refractivity contribution is 9.10. The quantitative estimate of drug-likeness (QED) is 0.838. The molecule has 0 aliphatic rings. The van der Waals surface area contributed by atoms with Crippen molar-refractivity contribution >= 4 is 27.3 Å². The minimum absolute atomic E-state index is 0.328. The number of benzene rings is 2. The van der Waals surface area contributed by atoms with E-state index in [0.29, 0.717) is 6.04 Å². The van der Waals surface area contributed by atoms with Crippen molar-refractivity contribution in [2.45, 2.75) is 19.9 Å². The van der Waals surface area contributed by atoms with Crippen LogP contribution in [0.3, 0.4) is 0 Å². The molecule has 0 aromatic heterocycles. The molecule has 0 aliphatic heterocycles. The van der Waals surface area contributed by atoms with Gasteiger partial charge in [0.05, 0.1) is 0 Å². The third kappa shape index (κ3) is 3.41. The predicted octanol–water partition coefficient (Wildman–Crippen LogP) is 4.89. The fourth-order valence-electron chi connectivity index (χ4n) is 2.38. The highest BCUT2D eigenvalue weighted by Gasteiger charge is 2.14. The lowest BCUT2D eigenvalue weighted by Crippen LogP contribution is -2.21. The van der Waals surface area contributed by atoms with E-state index in [1.807, 2.05) is 6.07 Å². The molecular formula is C17H21BrN2. The maximum Gasteiger partial charge on any atom is 0.0467 e. The Morgan fingerprint density at radius 1 is 1.15 bits per heavy atom. The molecule has 0 amide bonds. The second-order valence-corrected chi connectivity index (χ2v) is 5.79. The number of anilines is 2. The molecule has 0 aliphatic carbocycles. The molecule has 20 heavy (non-hydrogen) atoms. The number of nitrogens with zero attached hydrogens (tertiary/aromatic N) is 1. The first-order chi connectivity index (χ1) is 9.63. The summed E-state index contributed by atoms with van der Waals surface area (Å²) in [5.74, 6) is 0. The molecule has 0 spiro atoms. The summed E-state index contributed by atoms with van der Waals surface area (Å²) in [6.45, 7) is 5.30. The van der Waals surface area contributed by atoms with Gasteiger partial charge in [-0.1, -0.05) is 47.1 Å². The lowest BCUT2D eigenvalue weighted by Gasteiger charge is -2.26. The molecule has 1 N–H and O–H groups in total. The largest absolute Gasteiger partial charge is 0.344 e. The van der Waals surface area contributed by atoms with E-state index >= 15 is 0 Å². The van der Waals surface area contributed by atoms with Gasteiger partial charge in [-0.3, -0.25) is 0 Å². The number of para-hydroxylation sites is 1. The zero-order valence-corrected chi connectivity index (χ0v) is 13.8. The smallest absolute Gasteiger partial charge is 0.0467 e. The van der Waals surface area contributed by atoms with E-state index in [1.165, 1.54) is 16.9 Å². The highest BCUT2D eigenvalue weighted by atomic mass is 79.9. The van der Waals surface area contributed by atoms with Gasteiger partial charge >= 0.3 is 0 Å². The van der Waals surface area contributed by atoms with Crippen molar-refractivity contribution < 1.29 is 0 Å². The van der Waals surface area contributed by atoms with E-state index in [2.05, 4.69) is 89.5 Å². The molecule has 106 valence electrons. The Bertz CT molecular complexity index is 554. The zero-order valence-electron chi connectivity index (χ0n) is 12.2. The van der Waals surface area contributed by atoms with E-state index in [9.17, 15) is 0 Å². The molecule has 0 bridgehead atoms. The summed E-state index contributed by atoms with van der Waals surface area (Å²) < 4.78 is 1.10. The van der Waals surface area contributed by atoms with Gasteiger partial charge in [0.25, 0.3) is 0 Å². The summed E-state index contributed by atoms with van der Waals surface area (Å²) in [6, 6.07) is 17.2. The monoisotopic (exact) mass is 332 g/mol. The van der Waals surface area contributed by atoms with Crippen molar-refractivity contribution in [2.24, 2.45) is 0 Å². The molecule has 2 rings (SSSR count). The van der Waals surface area contributed by atoms with Gasteiger partial charge in [-0.2, -0.15) is 0 Å². The Morgan fingerprint density at radius 2 is 1.85 bits per heavy atom. The van der Waals surface area contributed by atoms with Crippen LogP contribution in [0.4, 0.5) is 11.4 Å². The lowest BCUT2D eigenvalue weighted by atomic mass is 10.0. The van der Waals surface area contributed by atoms with Crippen molar-refractivity contribution in [3.63, 3.8) is 0 Å². The Balaban J connectivity index is 2.41. The fourth-order valence-corrected chi connectivity index (χ4v) is 2.73. The molecular weight excluding hydrogens is 312 g/mol. The molecule has 3 heteroatoms. The van der Waals surface area contributed by atoms with Crippen LogP contribution in [-0.4, -0.2) is 13.6 Å². The van der Waals surface area contributed by atoms with Crippen LogP contribution >= 0.6 is 15.9 Å². The van der Waals surface area contributed by atoms with Gasteiger partial charge < -0.3 is 10.2 Å². The summed E-state index contributed by atoms with van der Waals surface area (Å²) in [5.41, 5.74) is 3.72. The first-order valence-electron chi connectivity index (χ1n) is 6.95. The van der Waals surface area contributed by atoms with E-state index in [1.54, 1.807) is 0 Å². The normalized spacial score (nSPS) is 12.2. The summed E-state index contributed by atoms with van der Waals surface area (Å²) in [5, 5.41) is 3.49. The standard InChI is InChI=1S/C17H21BrN2/c1-4-19-13(2)16-11-10-14(18)12-17(16)20(3)15-8-6-5-7-9-15/h5-13,19H,4H2,1-3H3. The second kappa shape index (κ2) is 6.91. The van der Waals surface area contributed by atoms with E-state index < -0.39 is 0 Å². The van der Waals surface area contributed by atoms with Crippen LogP contribution in [0.1, 0.15) is 25.5 Å². The molecule has 1 atom stereocenters. The van der Waals surface area contributed by atoms with Crippen molar-refractivity contribution in [1.82, 2.24) is 5.32 Å². The van der Waals surface area contributed by atoms with Gasteiger partial charge in [-0.05, 0) is 43.3 Å². The van der Waals surface area contributed by atoms with Gasteiger partial charge in [-0.25, -0.2) is 0 Å². The number of rotatable bonds is 5. The SMILES string of the molecule is CCNC(C)c1ccc(Br)cc1N(C)c1ccccc1.